The molecule has 0 spiro atoms. The molecule has 1 N–H and O–H groups in total. The molecule has 1 amide bonds. The third-order valence-electron chi connectivity index (χ3n) is 4.53. The largest absolute Gasteiger partial charge is 0.477 e. The van der Waals surface area contributed by atoms with Crippen molar-refractivity contribution in [2.75, 3.05) is 6.61 Å². The maximum absolute atomic E-state index is 12.1. The number of carbonyl (C=O) groups is 1. The molecular formula is C16H21ClN2O4. The first-order valence-corrected chi connectivity index (χ1v) is 8.12. The van der Waals surface area contributed by atoms with Crippen LogP contribution in [0.5, 0.6) is 5.75 Å². The van der Waals surface area contributed by atoms with E-state index in [1.165, 1.54) is 24.6 Å². The molecule has 3 atom stereocenters. The van der Waals surface area contributed by atoms with Crippen molar-refractivity contribution in [3.8, 4) is 5.75 Å². The standard InChI is InChI=1S/C16H21ClN2O4/c1-10-4-3-5-13(11(10)2)18-16(20)9-23-15-7-6-12(17)8-14(15)19(21)22/h6-8,10-11,13H,3-5,9H2,1-2H3,(H,18,20)/t10-,11+,13-/m1/s1. The van der Waals surface area contributed by atoms with E-state index in [0.717, 1.165) is 12.8 Å². The van der Waals surface area contributed by atoms with Crippen LogP contribution in [0.3, 0.4) is 0 Å². The first-order valence-electron chi connectivity index (χ1n) is 7.74. The lowest BCUT2D eigenvalue weighted by Crippen LogP contribution is -2.45. The minimum Gasteiger partial charge on any atom is -0.477 e. The van der Waals surface area contributed by atoms with Crippen molar-refractivity contribution in [1.82, 2.24) is 5.32 Å². The van der Waals surface area contributed by atoms with E-state index < -0.39 is 4.92 Å². The smallest absolute Gasteiger partial charge is 0.312 e. The number of amides is 1. The monoisotopic (exact) mass is 340 g/mol. The van der Waals surface area contributed by atoms with Crippen LogP contribution in [0.25, 0.3) is 0 Å². The molecule has 0 heterocycles. The molecule has 0 radical (unpaired) electrons. The molecule has 0 aromatic heterocycles. The molecule has 2 rings (SSSR count). The average Bonchev–Trinajstić information content (AvgIpc) is 2.50. The van der Waals surface area contributed by atoms with E-state index in [2.05, 4.69) is 19.2 Å². The van der Waals surface area contributed by atoms with Crippen LogP contribution in [-0.4, -0.2) is 23.5 Å². The Bertz CT molecular complexity index is 593. The van der Waals surface area contributed by atoms with E-state index in [-0.39, 0.29) is 35.0 Å². The molecule has 0 saturated heterocycles. The summed E-state index contributed by atoms with van der Waals surface area (Å²) in [5, 5.41) is 14.2. The van der Waals surface area contributed by atoms with Gasteiger partial charge in [-0.25, -0.2) is 0 Å². The summed E-state index contributed by atoms with van der Waals surface area (Å²) < 4.78 is 5.31. The number of nitro benzene ring substituents is 1. The molecule has 0 unspecified atom stereocenters. The van der Waals surface area contributed by atoms with Crippen molar-refractivity contribution in [1.29, 1.82) is 0 Å². The molecule has 0 aliphatic heterocycles. The van der Waals surface area contributed by atoms with Gasteiger partial charge in [0.2, 0.25) is 0 Å². The number of rotatable bonds is 5. The Morgan fingerprint density at radius 3 is 2.87 bits per heavy atom. The van der Waals surface area contributed by atoms with Gasteiger partial charge in [-0.1, -0.05) is 38.3 Å². The van der Waals surface area contributed by atoms with Crippen molar-refractivity contribution >= 4 is 23.2 Å². The predicted molar refractivity (Wildman–Crippen MR) is 87.7 cm³/mol. The summed E-state index contributed by atoms with van der Waals surface area (Å²) in [5.41, 5.74) is -0.245. The number of nitrogens with zero attached hydrogens (tertiary/aromatic N) is 1. The summed E-state index contributed by atoms with van der Waals surface area (Å²) in [6.45, 7) is 4.08. The third-order valence-corrected chi connectivity index (χ3v) is 4.76. The number of nitrogens with one attached hydrogen (secondary N) is 1. The fraction of sp³-hybridized carbons (Fsp3) is 0.562. The Morgan fingerprint density at radius 1 is 1.43 bits per heavy atom. The maximum Gasteiger partial charge on any atom is 0.312 e. The van der Waals surface area contributed by atoms with Crippen molar-refractivity contribution < 1.29 is 14.5 Å². The molecular weight excluding hydrogens is 320 g/mol. The molecule has 1 fully saturated rings. The second-order valence-electron chi connectivity index (χ2n) is 6.10. The Labute approximate surface area is 140 Å². The third kappa shape index (κ3) is 4.58. The van der Waals surface area contributed by atoms with Gasteiger partial charge < -0.3 is 10.1 Å². The molecule has 23 heavy (non-hydrogen) atoms. The van der Waals surface area contributed by atoms with Crippen LogP contribution in [0.2, 0.25) is 5.02 Å². The van der Waals surface area contributed by atoms with Crippen LogP contribution in [0.1, 0.15) is 33.1 Å². The summed E-state index contributed by atoms with van der Waals surface area (Å²) in [6.07, 6.45) is 3.24. The Hall–Kier alpha value is -1.82. The zero-order chi connectivity index (χ0) is 17.0. The lowest BCUT2D eigenvalue weighted by atomic mass is 9.78. The number of ether oxygens (including phenoxy) is 1. The molecule has 1 aromatic carbocycles. The SMILES string of the molecule is C[C@H]1[C@H](C)CCC[C@H]1NC(=O)COc1ccc(Cl)cc1[N+](=O)[O-]. The number of nitro groups is 1. The number of halogens is 1. The molecule has 1 aromatic rings. The minimum absolute atomic E-state index is 0.0413. The van der Waals surface area contributed by atoms with Gasteiger partial charge in [-0.05, 0) is 30.4 Å². The van der Waals surface area contributed by atoms with E-state index in [9.17, 15) is 14.9 Å². The molecule has 1 aliphatic carbocycles. The minimum atomic E-state index is -0.579. The normalized spacial score (nSPS) is 24.0. The molecule has 1 aliphatic rings. The van der Waals surface area contributed by atoms with E-state index in [1.54, 1.807) is 0 Å². The van der Waals surface area contributed by atoms with Crippen LogP contribution in [0.15, 0.2) is 18.2 Å². The average molecular weight is 341 g/mol. The number of benzene rings is 1. The summed E-state index contributed by atoms with van der Waals surface area (Å²) in [7, 11) is 0. The van der Waals surface area contributed by atoms with Gasteiger partial charge >= 0.3 is 5.69 Å². The maximum atomic E-state index is 12.1. The van der Waals surface area contributed by atoms with E-state index in [1.807, 2.05) is 0 Å². The first kappa shape index (κ1) is 17.5. The van der Waals surface area contributed by atoms with Crippen molar-refractivity contribution in [3.05, 3.63) is 33.3 Å². The van der Waals surface area contributed by atoms with Crippen LogP contribution in [0.4, 0.5) is 5.69 Å². The van der Waals surface area contributed by atoms with Gasteiger partial charge in [-0.15, -0.1) is 0 Å². The topological polar surface area (TPSA) is 81.5 Å². The fourth-order valence-corrected chi connectivity index (χ4v) is 3.10. The molecule has 126 valence electrons. The lowest BCUT2D eigenvalue weighted by Gasteiger charge is -2.34. The Morgan fingerprint density at radius 2 is 2.17 bits per heavy atom. The van der Waals surface area contributed by atoms with Crippen molar-refractivity contribution in [2.45, 2.75) is 39.2 Å². The number of hydrogen-bond acceptors (Lipinski definition) is 4. The van der Waals surface area contributed by atoms with Gasteiger partial charge in [0.25, 0.3) is 5.91 Å². The lowest BCUT2D eigenvalue weighted by molar-refractivity contribution is -0.385. The van der Waals surface area contributed by atoms with Gasteiger partial charge in [0, 0.05) is 17.1 Å². The molecule has 1 saturated carbocycles. The highest BCUT2D eigenvalue weighted by Crippen LogP contribution is 2.31. The van der Waals surface area contributed by atoms with E-state index in [0.29, 0.717) is 11.8 Å². The van der Waals surface area contributed by atoms with Crippen LogP contribution < -0.4 is 10.1 Å². The summed E-state index contributed by atoms with van der Waals surface area (Å²) >= 11 is 5.74. The van der Waals surface area contributed by atoms with Crippen LogP contribution in [-0.2, 0) is 4.79 Å². The number of carbonyl (C=O) groups excluding carboxylic acids is 1. The Balaban J connectivity index is 1.93. The van der Waals surface area contributed by atoms with Gasteiger partial charge in [0.05, 0.1) is 4.92 Å². The van der Waals surface area contributed by atoms with Crippen LogP contribution >= 0.6 is 11.6 Å². The first-order chi connectivity index (χ1) is 10.9. The van der Waals surface area contributed by atoms with Gasteiger partial charge in [-0.3, -0.25) is 14.9 Å². The van der Waals surface area contributed by atoms with Gasteiger partial charge in [0.15, 0.2) is 12.4 Å². The molecule has 0 bridgehead atoms. The highest BCUT2D eigenvalue weighted by Gasteiger charge is 2.28. The molecule has 6 nitrogen and oxygen atoms in total. The highest BCUT2D eigenvalue weighted by molar-refractivity contribution is 6.30. The summed E-state index contributed by atoms with van der Waals surface area (Å²) in [6, 6.07) is 4.24. The fourth-order valence-electron chi connectivity index (χ4n) is 2.93. The van der Waals surface area contributed by atoms with Crippen molar-refractivity contribution in [3.63, 3.8) is 0 Å². The summed E-state index contributed by atoms with van der Waals surface area (Å²) in [5.74, 6) is 0.768. The summed E-state index contributed by atoms with van der Waals surface area (Å²) in [4.78, 5) is 22.5. The van der Waals surface area contributed by atoms with Crippen molar-refractivity contribution in [2.24, 2.45) is 11.8 Å². The zero-order valence-corrected chi connectivity index (χ0v) is 14.0. The van der Waals surface area contributed by atoms with Crippen LogP contribution in [0, 0.1) is 22.0 Å². The zero-order valence-electron chi connectivity index (χ0n) is 13.3. The van der Waals surface area contributed by atoms with E-state index in [4.69, 9.17) is 16.3 Å². The Kier molecular flexibility index (Phi) is 5.82. The second kappa shape index (κ2) is 7.64. The quantitative estimate of drug-likeness (QED) is 0.656. The molecule has 7 heteroatoms. The van der Waals surface area contributed by atoms with Gasteiger partial charge in [-0.2, -0.15) is 0 Å². The second-order valence-corrected chi connectivity index (χ2v) is 6.54. The van der Waals surface area contributed by atoms with E-state index >= 15 is 0 Å². The number of hydrogen-bond donors (Lipinski definition) is 1. The van der Waals surface area contributed by atoms with Gasteiger partial charge in [0.1, 0.15) is 0 Å². The highest BCUT2D eigenvalue weighted by atomic mass is 35.5. The predicted octanol–water partition coefficient (Wildman–Crippen LogP) is 3.57.